The summed E-state index contributed by atoms with van der Waals surface area (Å²) in [7, 11) is 1.16. The number of carbonyl (C=O) groups is 2. The van der Waals surface area contributed by atoms with Gasteiger partial charge in [-0.1, -0.05) is 222 Å². The molecule has 0 saturated heterocycles. The van der Waals surface area contributed by atoms with Gasteiger partial charge in [-0.2, -0.15) is 0 Å². The molecule has 0 fully saturated rings. The number of ether oxygens (including phenoxy) is 1. The molecule has 0 aromatic carbocycles. The number of quaternary nitrogens is 1. The molecule has 1 N–H and O–H groups in total. The Labute approximate surface area is 451 Å². The van der Waals surface area contributed by atoms with Crippen molar-refractivity contribution in [2.75, 3.05) is 40.9 Å². The van der Waals surface area contributed by atoms with Crippen LogP contribution in [0.5, 0.6) is 0 Å². The molecule has 0 bridgehead atoms. The number of unbranched alkanes of at least 4 members (excludes halogenated alkanes) is 28. The number of amides is 1. The highest BCUT2D eigenvalue weighted by molar-refractivity contribution is 7.45. The third-order valence-corrected chi connectivity index (χ3v) is 14.1. The van der Waals surface area contributed by atoms with Crippen LogP contribution in [-0.4, -0.2) is 69.4 Å². The molecule has 0 aliphatic rings. The first kappa shape index (κ1) is 70.5. The molecule has 424 valence electrons. The molecule has 0 aromatic heterocycles. The molecule has 0 rings (SSSR count). The summed E-state index contributed by atoms with van der Waals surface area (Å²) in [4.78, 5) is 39.9. The first-order valence-corrected chi connectivity index (χ1v) is 31.7. The van der Waals surface area contributed by atoms with Crippen LogP contribution in [-0.2, 0) is 27.9 Å². The second-order valence-corrected chi connectivity index (χ2v) is 22.9. The van der Waals surface area contributed by atoms with Crippen molar-refractivity contribution < 1.29 is 37.3 Å². The van der Waals surface area contributed by atoms with Crippen molar-refractivity contribution in [2.24, 2.45) is 0 Å². The second kappa shape index (κ2) is 52.9. The van der Waals surface area contributed by atoms with Gasteiger partial charge in [0, 0.05) is 12.8 Å². The lowest BCUT2D eigenvalue weighted by Gasteiger charge is -2.30. The highest BCUT2D eigenvalue weighted by Gasteiger charge is 2.27. The third kappa shape index (κ3) is 54.1. The van der Waals surface area contributed by atoms with Gasteiger partial charge >= 0.3 is 5.97 Å². The zero-order valence-electron chi connectivity index (χ0n) is 48.3. The molecular weight excluding hydrogens is 928 g/mol. The van der Waals surface area contributed by atoms with Gasteiger partial charge in [0.1, 0.15) is 19.3 Å². The zero-order valence-corrected chi connectivity index (χ0v) is 49.2. The molecule has 1 amide bonds. The minimum atomic E-state index is -4.71. The average molecular weight is 1040 g/mol. The largest absolute Gasteiger partial charge is 0.756 e. The fraction of sp³-hybridized carbons (Fsp3) is 0.778. The van der Waals surface area contributed by atoms with Gasteiger partial charge in [-0.15, -0.1) is 0 Å². The second-order valence-electron chi connectivity index (χ2n) is 21.5. The molecule has 0 aliphatic heterocycles. The Morgan fingerprint density at radius 3 is 1.32 bits per heavy atom. The van der Waals surface area contributed by atoms with Crippen LogP contribution in [0, 0.1) is 0 Å². The molecule has 0 heterocycles. The van der Waals surface area contributed by atoms with Crippen molar-refractivity contribution in [1.82, 2.24) is 5.32 Å². The van der Waals surface area contributed by atoms with Crippen LogP contribution >= 0.6 is 7.82 Å². The zero-order chi connectivity index (χ0) is 53.6. The Balaban J connectivity index is 5.39. The molecule has 73 heavy (non-hydrogen) atoms. The van der Waals surface area contributed by atoms with Gasteiger partial charge in [-0.25, -0.2) is 0 Å². The fourth-order valence-electron chi connectivity index (χ4n) is 8.38. The van der Waals surface area contributed by atoms with Crippen LogP contribution in [0.2, 0.25) is 0 Å². The summed E-state index contributed by atoms with van der Waals surface area (Å²) in [5.74, 6) is -0.581. The van der Waals surface area contributed by atoms with Crippen LogP contribution in [0.15, 0.2) is 72.9 Å². The Hall–Kier alpha value is -2.55. The van der Waals surface area contributed by atoms with Crippen molar-refractivity contribution >= 4 is 19.7 Å². The average Bonchev–Trinajstić information content (AvgIpc) is 3.35. The molecular formula is C63H115N2O7P. The topological polar surface area (TPSA) is 114 Å². The maximum Gasteiger partial charge on any atom is 0.306 e. The predicted molar refractivity (Wildman–Crippen MR) is 312 cm³/mol. The van der Waals surface area contributed by atoms with E-state index in [0.29, 0.717) is 23.9 Å². The van der Waals surface area contributed by atoms with Gasteiger partial charge in [-0.05, 0) is 102 Å². The number of hydrogen-bond acceptors (Lipinski definition) is 7. The number of hydrogen-bond donors (Lipinski definition) is 1. The van der Waals surface area contributed by atoms with E-state index >= 15 is 0 Å². The molecule has 0 radical (unpaired) electrons. The number of rotatable bonds is 54. The lowest BCUT2D eigenvalue weighted by atomic mass is 10.0. The number of phosphoric ester groups is 1. The lowest BCUT2D eigenvalue weighted by molar-refractivity contribution is -0.870. The summed E-state index contributed by atoms with van der Waals surface area (Å²) < 4.78 is 30.3. The van der Waals surface area contributed by atoms with E-state index in [0.717, 1.165) is 89.9 Å². The van der Waals surface area contributed by atoms with Crippen LogP contribution in [0.4, 0.5) is 0 Å². The number of phosphoric acid groups is 1. The molecule has 10 heteroatoms. The van der Waals surface area contributed by atoms with Crippen molar-refractivity contribution in [3.63, 3.8) is 0 Å². The molecule has 9 nitrogen and oxygen atoms in total. The Kier molecular flexibility index (Phi) is 51.0. The lowest BCUT2D eigenvalue weighted by Crippen LogP contribution is -2.47. The fourth-order valence-corrected chi connectivity index (χ4v) is 9.10. The number of allylic oxidation sites excluding steroid dienone is 11. The highest BCUT2D eigenvalue weighted by Crippen LogP contribution is 2.38. The molecule has 3 unspecified atom stereocenters. The SMILES string of the molecule is CCCCC/C=C\C/C=C\C/C=C\C/C=C\CCCCCC(=O)OC(/C=C/CCCCCCCCCCCCC)C(COP(=O)([O-])OCC[N+](C)(C)C)NC(=O)CCCCCCCCC/C=C\CCCCCC. The number of esters is 1. The van der Waals surface area contributed by atoms with Crippen LogP contribution in [0.1, 0.15) is 265 Å². The normalized spacial score (nSPS) is 14.2. The number of nitrogens with one attached hydrogen (secondary N) is 1. The summed E-state index contributed by atoms with van der Waals surface area (Å²) in [6, 6.07) is -0.905. The first-order chi connectivity index (χ1) is 35.4. The van der Waals surface area contributed by atoms with Gasteiger partial charge in [-0.3, -0.25) is 14.2 Å². The van der Waals surface area contributed by atoms with E-state index in [1.807, 2.05) is 33.3 Å². The highest BCUT2D eigenvalue weighted by atomic mass is 31.2. The van der Waals surface area contributed by atoms with E-state index in [4.69, 9.17) is 13.8 Å². The van der Waals surface area contributed by atoms with Crippen molar-refractivity contribution in [1.29, 1.82) is 0 Å². The van der Waals surface area contributed by atoms with E-state index in [9.17, 15) is 19.0 Å². The van der Waals surface area contributed by atoms with Crippen molar-refractivity contribution in [2.45, 2.75) is 277 Å². The third-order valence-electron chi connectivity index (χ3n) is 13.1. The van der Waals surface area contributed by atoms with E-state index in [1.165, 1.54) is 135 Å². The van der Waals surface area contributed by atoms with Crippen LogP contribution in [0.3, 0.4) is 0 Å². The van der Waals surface area contributed by atoms with Crippen LogP contribution < -0.4 is 10.2 Å². The van der Waals surface area contributed by atoms with Gasteiger partial charge in [0.05, 0.1) is 33.8 Å². The molecule has 0 saturated carbocycles. The monoisotopic (exact) mass is 1040 g/mol. The van der Waals surface area contributed by atoms with Crippen LogP contribution in [0.25, 0.3) is 0 Å². The maximum absolute atomic E-state index is 13.5. The molecule has 0 aromatic rings. The van der Waals surface area contributed by atoms with E-state index in [2.05, 4.69) is 86.8 Å². The smallest absolute Gasteiger partial charge is 0.306 e. The van der Waals surface area contributed by atoms with Gasteiger partial charge in [0.15, 0.2) is 0 Å². The Bertz CT molecular complexity index is 1480. The Morgan fingerprint density at radius 1 is 0.479 bits per heavy atom. The summed E-state index contributed by atoms with van der Waals surface area (Å²) in [6.45, 7) is 6.78. The summed E-state index contributed by atoms with van der Waals surface area (Å²) in [5.41, 5.74) is 0. The predicted octanol–water partition coefficient (Wildman–Crippen LogP) is 17.8. The minimum absolute atomic E-state index is 0.0305. The van der Waals surface area contributed by atoms with Gasteiger partial charge in [0.2, 0.25) is 5.91 Å². The summed E-state index contributed by atoms with van der Waals surface area (Å²) in [5, 5.41) is 3.02. The van der Waals surface area contributed by atoms with E-state index in [1.54, 1.807) is 0 Å². The molecule has 0 spiro atoms. The van der Waals surface area contributed by atoms with Crippen molar-refractivity contribution in [3.8, 4) is 0 Å². The van der Waals surface area contributed by atoms with E-state index < -0.39 is 26.6 Å². The quantitative estimate of drug-likeness (QED) is 0.0212. The van der Waals surface area contributed by atoms with E-state index in [-0.39, 0.29) is 24.9 Å². The standard InChI is InChI=1S/C63H115N2O7P/c1-7-10-13-16-19-22-25-28-30-31-32-33-35-38-41-44-47-50-53-56-63(67)72-61(54-51-48-45-42-39-36-27-24-21-18-15-12-9-3)60(59-71-73(68,69)70-58-57-65(4,5)6)64-62(66)55-52-49-46-43-40-37-34-29-26-23-20-17-14-11-8-2/h19,22-23,26,28,30,32-33,38,41,51,54,60-61H,7-18,20-21,24-25,27,29,31,34-37,39-40,42-50,52-53,55-59H2,1-6H3,(H-,64,66,68,69)/b22-19-,26-23-,30-28-,33-32-,41-38-,54-51+. The number of likely N-dealkylation sites (N-methyl/N-ethyl adjacent to an activating group) is 1. The first-order valence-electron chi connectivity index (χ1n) is 30.2. The Morgan fingerprint density at radius 2 is 0.836 bits per heavy atom. The summed E-state index contributed by atoms with van der Waals surface area (Å²) >= 11 is 0. The number of carbonyl (C=O) groups excluding carboxylic acids is 2. The maximum atomic E-state index is 13.5. The van der Waals surface area contributed by atoms with Gasteiger partial charge < -0.3 is 28.5 Å². The minimum Gasteiger partial charge on any atom is -0.756 e. The summed E-state index contributed by atoms with van der Waals surface area (Å²) in [6.07, 6.45) is 67.1. The van der Waals surface area contributed by atoms with Gasteiger partial charge in [0.25, 0.3) is 7.82 Å². The molecule has 3 atom stereocenters. The van der Waals surface area contributed by atoms with Crippen molar-refractivity contribution in [3.05, 3.63) is 72.9 Å². The number of nitrogens with zero attached hydrogens (tertiary/aromatic N) is 1. The molecule has 0 aliphatic carbocycles.